The van der Waals surface area contributed by atoms with E-state index in [1.54, 1.807) is 12.4 Å². The van der Waals surface area contributed by atoms with Gasteiger partial charge in [-0.3, -0.25) is 0 Å². The summed E-state index contributed by atoms with van der Waals surface area (Å²) in [6, 6.07) is 10.8. The Morgan fingerprint density at radius 1 is 0.923 bits per heavy atom. The number of pyridine rings is 1. The summed E-state index contributed by atoms with van der Waals surface area (Å²) in [6.45, 7) is 9.10. The Bertz CT molecular complexity index is 1020. The molecule has 4 aromatic rings. The Morgan fingerprint density at radius 3 is 2.46 bits per heavy atom. The lowest BCUT2D eigenvalue weighted by atomic mass is 9.76. The van der Waals surface area contributed by atoms with Gasteiger partial charge in [0, 0.05) is 40.6 Å². The van der Waals surface area contributed by atoms with Crippen LogP contribution in [0.5, 0.6) is 0 Å². The number of nitrogens with zero attached hydrogens (tertiary/aromatic N) is 4. The Hall–Kier alpha value is -2.69. The lowest BCUT2D eigenvalue weighted by Gasteiger charge is -2.31. The Balaban J connectivity index is 1.59. The van der Waals surface area contributed by atoms with E-state index in [-0.39, 0.29) is 10.8 Å². The topological polar surface area (TPSA) is 58.9 Å². The Labute approximate surface area is 153 Å². The highest BCUT2D eigenvalue weighted by molar-refractivity contribution is 5.64. The van der Waals surface area contributed by atoms with E-state index in [0.717, 1.165) is 24.3 Å². The van der Waals surface area contributed by atoms with Crippen LogP contribution < -0.4 is 0 Å². The first-order valence-electron chi connectivity index (χ1n) is 9.11. The molecular weight excluding hydrogens is 322 g/mol. The summed E-state index contributed by atoms with van der Waals surface area (Å²) in [7, 11) is 0. The first-order valence-corrected chi connectivity index (χ1v) is 9.11. The molecule has 0 saturated heterocycles. The van der Waals surface area contributed by atoms with Gasteiger partial charge < -0.3 is 9.38 Å². The number of imidazole rings is 1. The van der Waals surface area contributed by atoms with Gasteiger partial charge in [0.25, 0.3) is 0 Å². The summed E-state index contributed by atoms with van der Waals surface area (Å²) < 4.78 is 2.29. The van der Waals surface area contributed by atoms with Crippen LogP contribution in [0.4, 0.5) is 0 Å². The largest absolute Gasteiger partial charge is 0.325 e. The fourth-order valence-electron chi connectivity index (χ4n) is 3.56. The minimum atomic E-state index is -0.0791. The fraction of sp³-hybridized carbons (Fsp3) is 0.381. The smallest absolute Gasteiger partial charge is 0.197 e. The van der Waals surface area contributed by atoms with Crippen molar-refractivity contribution in [1.82, 2.24) is 24.3 Å². The van der Waals surface area contributed by atoms with Crippen LogP contribution in [0.2, 0.25) is 0 Å². The molecule has 134 valence electrons. The van der Waals surface area contributed by atoms with Gasteiger partial charge in [-0.25, -0.2) is 15.0 Å². The second kappa shape index (κ2) is 5.94. The third-order valence-corrected chi connectivity index (χ3v) is 5.40. The molecule has 1 N–H and O–H groups in total. The van der Waals surface area contributed by atoms with Crippen LogP contribution in [0.1, 0.15) is 52.1 Å². The molecule has 0 unspecified atom stereocenters. The summed E-state index contributed by atoms with van der Waals surface area (Å²) in [5, 5.41) is 0. The van der Waals surface area contributed by atoms with E-state index in [1.165, 1.54) is 11.2 Å². The number of H-pyrrole nitrogens is 1. The maximum atomic E-state index is 4.67. The number of fused-ring (bicyclic) bond motifs is 2. The molecular formula is C21H25N5. The number of hydrogen-bond acceptors (Lipinski definition) is 3. The van der Waals surface area contributed by atoms with Crippen molar-refractivity contribution in [3.05, 3.63) is 60.4 Å². The molecule has 5 nitrogen and oxygen atoms in total. The zero-order valence-corrected chi connectivity index (χ0v) is 15.8. The minimum absolute atomic E-state index is 0.0539. The quantitative estimate of drug-likeness (QED) is 0.572. The second-order valence-corrected chi connectivity index (χ2v) is 8.30. The molecule has 0 radical (unpaired) electrons. The second-order valence-electron chi connectivity index (χ2n) is 8.30. The van der Waals surface area contributed by atoms with E-state index in [0.29, 0.717) is 5.65 Å². The van der Waals surface area contributed by atoms with Crippen molar-refractivity contribution in [3.8, 4) is 0 Å². The lowest BCUT2D eigenvalue weighted by Crippen LogP contribution is -2.26. The highest BCUT2D eigenvalue weighted by Gasteiger charge is 2.30. The van der Waals surface area contributed by atoms with Gasteiger partial charge in [0.15, 0.2) is 11.3 Å². The van der Waals surface area contributed by atoms with Gasteiger partial charge in [-0.2, -0.15) is 0 Å². The zero-order chi connectivity index (χ0) is 18.4. The highest BCUT2D eigenvalue weighted by Crippen LogP contribution is 2.35. The fourth-order valence-corrected chi connectivity index (χ4v) is 3.56. The van der Waals surface area contributed by atoms with Gasteiger partial charge in [-0.15, -0.1) is 0 Å². The number of hydrogen-bond donors (Lipinski definition) is 1. The highest BCUT2D eigenvalue weighted by atomic mass is 15.1. The molecule has 0 amide bonds. The van der Waals surface area contributed by atoms with Gasteiger partial charge in [0.2, 0.25) is 0 Å². The first kappa shape index (κ1) is 16.8. The van der Waals surface area contributed by atoms with Crippen LogP contribution in [0.15, 0.2) is 48.9 Å². The monoisotopic (exact) mass is 347 g/mol. The van der Waals surface area contributed by atoms with Crippen molar-refractivity contribution < 1.29 is 0 Å². The van der Waals surface area contributed by atoms with Crippen LogP contribution in [0.3, 0.4) is 0 Å². The van der Waals surface area contributed by atoms with Gasteiger partial charge in [0.1, 0.15) is 5.82 Å². The molecule has 26 heavy (non-hydrogen) atoms. The standard InChI is InChI=1S/C21H25N5/c1-20(2,16-9-5-7-15-8-6-14-26(15)16)10-11-21(3,4)19-24-17-18(25-19)23-13-12-22-17/h5-9,12-14H,10-11H2,1-4H3,(H,22,23,24,25). The molecule has 0 bridgehead atoms. The van der Waals surface area contributed by atoms with Crippen LogP contribution in [-0.4, -0.2) is 24.3 Å². The third kappa shape index (κ3) is 2.87. The maximum Gasteiger partial charge on any atom is 0.197 e. The van der Waals surface area contributed by atoms with Crippen molar-refractivity contribution in [2.24, 2.45) is 0 Å². The van der Waals surface area contributed by atoms with Crippen LogP contribution in [-0.2, 0) is 10.8 Å². The van der Waals surface area contributed by atoms with Crippen molar-refractivity contribution in [1.29, 1.82) is 0 Å². The van der Waals surface area contributed by atoms with Crippen molar-refractivity contribution in [3.63, 3.8) is 0 Å². The Morgan fingerprint density at radius 2 is 1.65 bits per heavy atom. The van der Waals surface area contributed by atoms with Crippen molar-refractivity contribution in [2.75, 3.05) is 0 Å². The summed E-state index contributed by atoms with van der Waals surface area (Å²) in [4.78, 5) is 16.6. The lowest BCUT2D eigenvalue weighted by molar-refractivity contribution is 0.357. The van der Waals surface area contributed by atoms with Gasteiger partial charge in [0.05, 0.1) is 0 Å². The van der Waals surface area contributed by atoms with E-state index in [1.807, 2.05) is 0 Å². The molecule has 0 spiro atoms. The number of nitrogens with one attached hydrogen (secondary N) is 1. The van der Waals surface area contributed by atoms with E-state index < -0.39 is 0 Å². The molecule has 4 aromatic heterocycles. The number of rotatable bonds is 5. The molecule has 0 atom stereocenters. The molecule has 0 aromatic carbocycles. The van der Waals surface area contributed by atoms with Crippen LogP contribution in [0.25, 0.3) is 16.8 Å². The average molecular weight is 347 g/mol. The summed E-state index contributed by atoms with van der Waals surface area (Å²) in [6.07, 6.45) is 7.58. The summed E-state index contributed by atoms with van der Waals surface area (Å²) >= 11 is 0. The molecule has 5 heteroatoms. The zero-order valence-electron chi connectivity index (χ0n) is 15.8. The SMILES string of the molecule is CC(C)(CCC(C)(C)c1cccc2cccn12)c1nc2nccnc2[nH]1. The molecule has 0 aliphatic carbocycles. The van der Waals surface area contributed by atoms with E-state index in [4.69, 9.17) is 0 Å². The van der Waals surface area contributed by atoms with Crippen molar-refractivity contribution in [2.45, 2.75) is 51.4 Å². The molecule has 4 heterocycles. The van der Waals surface area contributed by atoms with E-state index >= 15 is 0 Å². The predicted molar refractivity (Wildman–Crippen MR) is 104 cm³/mol. The summed E-state index contributed by atoms with van der Waals surface area (Å²) in [5.41, 5.74) is 4.00. The maximum absolute atomic E-state index is 4.67. The first-order chi connectivity index (χ1) is 12.4. The third-order valence-electron chi connectivity index (χ3n) is 5.40. The molecule has 4 rings (SSSR count). The van der Waals surface area contributed by atoms with Gasteiger partial charge in [-0.05, 0) is 37.1 Å². The number of aromatic nitrogens is 5. The van der Waals surface area contributed by atoms with E-state index in [9.17, 15) is 0 Å². The van der Waals surface area contributed by atoms with Crippen LogP contribution >= 0.6 is 0 Å². The Kier molecular flexibility index (Phi) is 3.83. The summed E-state index contributed by atoms with van der Waals surface area (Å²) in [5.74, 6) is 0.952. The average Bonchev–Trinajstić information content (AvgIpc) is 3.26. The predicted octanol–water partition coefficient (Wildman–Crippen LogP) is 4.64. The normalized spacial score (nSPS) is 12.9. The molecule has 0 fully saturated rings. The van der Waals surface area contributed by atoms with Gasteiger partial charge in [-0.1, -0.05) is 33.8 Å². The van der Waals surface area contributed by atoms with Crippen LogP contribution in [0, 0.1) is 0 Å². The minimum Gasteiger partial charge on any atom is -0.325 e. The molecule has 0 aliphatic heterocycles. The van der Waals surface area contributed by atoms with E-state index in [2.05, 4.69) is 88.6 Å². The van der Waals surface area contributed by atoms with Crippen molar-refractivity contribution >= 4 is 16.8 Å². The molecule has 0 saturated carbocycles. The molecule has 0 aliphatic rings. The van der Waals surface area contributed by atoms with Gasteiger partial charge >= 0.3 is 0 Å². The number of aromatic amines is 1.